The average Bonchev–Trinajstić information content (AvgIpc) is 3.20. The summed E-state index contributed by atoms with van der Waals surface area (Å²) in [5, 5.41) is 2.95. The van der Waals surface area contributed by atoms with Crippen molar-refractivity contribution >= 4 is 17.8 Å². The first kappa shape index (κ1) is 16.1. The Balaban J connectivity index is 1.54. The van der Waals surface area contributed by atoms with Crippen molar-refractivity contribution in [3.05, 3.63) is 34.9 Å². The number of carbonyl (C=O) groups excluding carboxylic acids is 3. The molecule has 1 N–H and O–H groups in total. The smallest absolute Gasteiger partial charge is 0.407 e. The van der Waals surface area contributed by atoms with Crippen LogP contribution in [0.2, 0.25) is 0 Å². The lowest BCUT2D eigenvalue weighted by Gasteiger charge is -2.24. The number of alkyl carbamates (subject to hydrolysis) is 1. The Morgan fingerprint density at radius 3 is 2.88 bits per heavy atom. The molecule has 4 rings (SSSR count). The zero-order chi connectivity index (χ0) is 17.6. The van der Waals surface area contributed by atoms with E-state index in [0.29, 0.717) is 18.9 Å². The summed E-state index contributed by atoms with van der Waals surface area (Å²) < 4.78 is 9.86. The highest BCUT2D eigenvalue weighted by Crippen LogP contribution is 2.43. The van der Waals surface area contributed by atoms with Gasteiger partial charge in [-0.25, -0.2) is 4.79 Å². The van der Waals surface area contributed by atoms with Crippen LogP contribution >= 0.6 is 0 Å². The normalized spacial score (nSPS) is 30.8. The molecule has 1 amide bonds. The summed E-state index contributed by atoms with van der Waals surface area (Å²) in [6.45, 7) is 0.424. The van der Waals surface area contributed by atoms with E-state index in [2.05, 4.69) is 5.32 Å². The number of ether oxygens (including phenoxy) is 2. The third-order valence-corrected chi connectivity index (χ3v) is 5.79. The predicted molar refractivity (Wildman–Crippen MR) is 88.4 cm³/mol. The Labute approximate surface area is 145 Å². The van der Waals surface area contributed by atoms with Crippen molar-refractivity contribution < 1.29 is 23.9 Å². The second kappa shape index (κ2) is 5.86. The molecule has 1 spiro atoms. The predicted octanol–water partition coefficient (Wildman–Crippen LogP) is 2.35. The molecular formula is C19H21NO5. The Bertz CT molecular complexity index is 758. The zero-order valence-corrected chi connectivity index (χ0v) is 14.2. The van der Waals surface area contributed by atoms with E-state index in [1.165, 1.54) is 7.11 Å². The summed E-state index contributed by atoms with van der Waals surface area (Å²) in [5.74, 6) is -0.392. The van der Waals surface area contributed by atoms with Crippen LogP contribution in [0.3, 0.4) is 0 Å². The summed E-state index contributed by atoms with van der Waals surface area (Å²) >= 11 is 0. The van der Waals surface area contributed by atoms with Gasteiger partial charge in [-0.1, -0.05) is 12.1 Å². The lowest BCUT2D eigenvalue weighted by atomic mass is 9.81. The summed E-state index contributed by atoms with van der Waals surface area (Å²) in [5.41, 5.74) is 2.52. The van der Waals surface area contributed by atoms with E-state index in [4.69, 9.17) is 9.47 Å². The van der Waals surface area contributed by atoms with Crippen LogP contribution in [0.25, 0.3) is 0 Å². The van der Waals surface area contributed by atoms with Gasteiger partial charge in [-0.2, -0.15) is 0 Å². The van der Waals surface area contributed by atoms with Crippen LogP contribution in [0.5, 0.6) is 0 Å². The fourth-order valence-corrected chi connectivity index (χ4v) is 4.44. The highest BCUT2D eigenvalue weighted by molar-refractivity contribution is 6.01. The standard InChI is InChI=1S/C19H21NO5/c1-24-17(22)14-6-12-3-2-11(7-15(12)16(21)8-14)13-4-5-19(9-13)10-25-18(23)20-19/h2-3,7,13-14H,4-6,8-10H2,1H3,(H,20,23)/t13-,14?,19-/m1/s1. The Kier molecular flexibility index (Phi) is 3.78. The maximum absolute atomic E-state index is 12.5. The summed E-state index contributed by atoms with van der Waals surface area (Å²) in [7, 11) is 1.35. The van der Waals surface area contributed by atoms with Gasteiger partial charge in [0.2, 0.25) is 0 Å². The summed E-state index contributed by atoms with van der Waals surface area (Å²) in [6, 6.07) is 5.99. The average molecular weight is 343 g/mol. The number of methoxy groups -OCH3 is 1. The van der Waals surface area contributed by atoms with Gasteiger partial charge in [0.15, 0.2) is 5.78 Å². The second-order valence-electron chi connectivity index (χ2n) is 7.39. The molecule has 1 saturated heterocycles. The third kappa shape index (κ3) is 2.79. The van der Waals surface area contributed by atoms with Gasteiger partial charge in [0.05, 0.1) is 18.6 Å². The Hall–Kier alpha value is -2.37. The molecular weight excluding hydrogens is 322 g/mol. The molecule has 132 valence electrons. The van der Waals surface area contributed by atoms with Gasteiger partial charge in [0.25, 0.3) is 0 Å². The molecule has 3 atom stereocenters. The minimum atomic E-state index is -0.378. The Morgan fingerprint density at radius 2 is 2.16 bits per heavy atom. The molecule has 0 radical (unpaired) electrons. The van der Waals surface area contributed by atoms with E-state index >= 15 is 0 Å². The zero-order valence-electron chi connectivity index (χ0n) is 14.2. The molecule has 1 saturated carbocycles. The Morgan fingerprint density at radius 1 is 1.32 bits per heavy atom. The molecule has 6 nitrogen and oxygen atoms in total. The van der Waals surface area contributed by atoms with Crippen LogP contribution in [-0.2, 0) is 20.7 Å². The van der Waals surface area contributed by atoms with Crippen LogP contribution < -0.4 is 5.32 Å². The quantitative estimate of drug-likeness (QED) is 0.834. The van der Waals surface area contributed by atoms with Gasteiger partial charge in [-0.3, -0.25) is 9.59 Å². The monoisotopic (exact) mass is 343 g/mol. The number of nitrogens with one attached hydrogen (secondary N) is 1. The van der Waals surface area contributed by atoms with Crippen molar-refractivity contribution in [3.8, 4) is 0 Å². The van der Waals surface area contributed by atoms with Crippen molar-refractivity contribution in [1.29, 1.82) is 0 Å². The number of cyclic esters (lactones) is 1. The maximum atomic E-state index is 12.5. The van der Waals surface area contributed by atoms with E-state index in [1.807, 2.05) is 18.2 Å². The number of fused-ring (bicyclic) bond motifs is 1. The number of ketones is 1. The molecule has 1 aliphatic heterocycles. The first-order valence-corrected chi connectivity index (χ1v) is 8.68. The SMILES string of the molecule is COC(=O)C1CC(=O)c2cc([C@@H]3CC[C@]4(COC(=O)N4)C3)ccc2C1. The van der Waals surface area contributed by atoms with Gasteiger partial charge in [0.1, 0.15) is 6.61 Å². The van der Waals surface area contributed by atoms with Crippen molar-refractivity contribution in [2.75, 3.05) is 13.7 Å². The minimum absolute atomic E-state index is 0.00344. The first-order chi connectivity index (χ1) is 12.0. The second-order valence-corrected chi connectivity index (χ2v) is 7.39. The third-order valence-electron chi connectivity index (χ3n) is 5.79. The highest BCUT2D eigenvalue weighted by atomic mass is 16.6. The number of rotatable bonds is 2. The molecule has 6 heteroatoms. The minimum Gasteiger partial charge on any atom is -0.469 e. The number of amides is 1. The maximum Gasteiger partial charge on any atom is 0.407 e. The van der Waals surface area contributed by atoms with Crippen LogP contribution in [0.15, 0.2) is 18.2 Å². The van der Waals surface area contributed by atoms with E-state index in [9.17, 15) is 14.4 Å². The number of esters is 1. The number of Topliss-reactive ketones (excluding diaryl/α,β-unsaturated/α-hetero) is 1. The largest absolute Gasteiger partial charge is 0.469 e. The van der Waals surface area contributed by atoms with Crippen molar-refractivity contribution in [2.24, 2.45) is 5.92 Å². The van der Waals surface area contributed by atoms with Crippen molar-refractivity contribution in [1.82, 2.24) is 5.32 Å². The fourth-order valence-electron chi connectivity index (χ4n) is 4.44. The number of hydrogen-bond donors (Lipinski definition) is 1. The lowest BCUT2D eigenvalue weighted by Crippen LogP contribution is -2.40. The first-order valence-electron chi connectivity index (χ1n) is 8.68. The van der Waals surface area contributed by atoms with Crippen molar-refractivity contribution in [2.45, 2.75) is 43.6 Å². The molecule has 1 aromatic carbocycles. The van der Waals surface area contributed by atoms with Gasteiger partial charge in [-0.05, 0) is 48.8 Å². The molecule has 2 fully saturated rings. The van der Waals surface area contributed by atoms with E-state index in [1.54, 1.807) is 0 Å². The molecule has 0 bridgehead atoms. The highest BCUT2D eigenvalue weighted by Gasteiger charge is 2.46. The van der Waals surface area contributed by atoms with E-state index in [0.717, 1.165) is 36.0 Å². The molecule has 25 heavy (non-hydrogen) atoms. The molecule has 2 aliphatic carbocycles. The molecule has 1 heterocycles. The summed E-state index contributed by atoms with van der Waals surface area (Å²) in [6.07, 6.45) is 3.10. The number of hydrogen-bond acceptors (Lipinski definition) is 5. The van der Waals surface area contributed by atoms with Gasteiger partial charge in [0, 0.05) is 12.0 Å². The number of benzene rings is 1. The van der Waals surface area contributed by atoms with Gasteiger partial charge < -0.3 is 14.8 Å². The molecule has 1 aromatic rings. The van der Waals surface area contributed by atoms with Crippen molar-refractivity contribution in [3.63, 3.8) is 0 Å². The van der Waals surface area contributed by atoms with Crippen LogP contribution in [-0.4, -0.2) is 37.1 Å². The van der Waals surface area contributed by atoms with Crippen LogP contribution in [0.4, 0.5) is 4.79 Å². The topological polar surface area (TPSA) is 81.7 Å². The van der Waals surface area contributed by atoms with E-state index in [-0.39, 0.29) is 35.7 Å². The van der Waals surface area contributed by atoms with Crippen LogP contribution in [0.1, 0.15) is 53.1 Å². The fraction of sp³-hybridized carbons (Fsp3) is 0.526. The van der Waals surface area contributed by atoms with Gasteiger partial charge >= 0.3 is 12.1 Å². The summed E-state index contributed by atoms with van der Waals surface area (Å²) in [4.78, 5) is 35.6. The lowest BCUT2D eigenvalue weighted by molar-refractivity contribution is -0.145. The molecule has 3 aliphatic rings. The molecule has 1 unspecified atom stereocenters. The molecule has 0 aromatic heterocycles. The van der Waals surface area contributed by atoms with E-state index < -0.39 is 0 Å². The van der Waals surface area contributed by atoms with Gasteiger partial charge in [-0.15, -0.1) is 0 Å². The van der Waals surface area contributed by atoms with Crippen LogP contribution in [0, 0.1) is 5.92 Å². The number of carbonyl (C=O) groups is 3.